The number of nitrogens with zero attached hydrogens (tertiary/aromatic N) is 3. The molecule has 1 aliphatic heterocycles. The second-order valence-corrected chi connectivity index (χ2v) is 6.27. The van der Waals surface area contributed by atoms with Crippen molar-refractivity contribution in [3.05, 3.63) is 54.1 Å². The summed E-state index contributed by atoms with van der Waals surface area (Å²) in [6, 6.07) is 13.2. The molecule has 2 heterocycles. The van der Waals surface area contributed by atoms with Gasteiger partial charge in [0.25, 0.3) is 5.91 Å². The molecule has 9 nitrogen and oxygen atoms in total. The Kier molecular flexibility index (Phi) is 4.78. The first kappa shape index (κ1) is 18.4. The predicted molar refractivity (Wildman–Crippen MR) is 102 cm³/mol. The van der Waals surface area contributed by atoms with Crippen molar-refractivity contribution >= 4 is 29.4 Å². The van der Waals surface area contributed by atoms with E-state index < -0.39 is 5.91 Å². The molecule has 1 saturated heterocycles. The summed E-state index contributed by atoms with van der Waals surface area (Å²) >= 11 is 0. The number of methoxy groups -OCH3 is 1. The standard InChI is InChI=1S/C20H16N4O5/c1-28-15-7-5-12(6-8-15)19-22-23-20(29-19)21-18(27)13-3-2-4-14(11-13)24-16(25)9-10-17(24)26/h2-8,11H,9-10H2,1H3,(H,21,23,27). The molecule has 146 valence electrons. The van der Waals surface area contributed by atoms with Crippen LogP contribution in [0.2, 0.25) is 0 Å². The number of anilines is 2. The number of carbonyl (C=O) groups excluding carboxylic acids is 3. The molecule has 1 aromatic heterocycles. The van der Waals surface area contributed by atoms with Gasteiger partial charge in [-0.15, -0.1) is 5.10 Å². The van der Waals surface area contributed by atoms with Gasteiger partial charge in [-0.2, -0.15) is 0 Å². The molecule has 29 heavy (non-hydrogen) atoms. The van der Waals surface area contributed by atoms with Crippen LogP contribution in [0.3, 0.4) is 0 Å². The predicted octanol–water partition coefficient (Wildman–Crippen LogP) is 2.65. The van der Waals surface area contributed by atoms with Crippen LogP contribution in [0.15, 0.2) is 52.9 Å². The largest absolute Gasteiger partial charge is 0.497 e. The van der Waals surface area contributed by atoms with Crippen LogP contribution >= 0.6 is 0 Å². The molecule has 1 fully saturated rings. The summed E-state index contributed by atoms with van der Waals surface area (Å²) in [5.74, 6) is -0.139. The average molecular weight is 392 g/mol. The molecule has 3 amide bonds. The van der Waals surface area contributed by atoms with Crippen LogP contribution < -0.4 is 15.0 Å². The Morgan fingerprint density at radius 1 is 1.07 bits per heavy atom. The van der Waals surface area contributed by atoms with E-state index in [-0.39, 0.29) is 42.1 Å². The number of amides is 3. The van der Waals surface area contributed by atoms with Crippen molar-refractivity contribution in [2.24, 2.45) is 0 Å². The summed E-state index contributed by atoms with van der Waals surface area (Å²) in [6.07, 6.45) is 0.344. The summed E-state index contributed by atoms with van der Waals surface area (Å²) in [5, 5.41) is 10.3. The zero-order valence-electron chi connectivity index (χ0n) is 15.4. The Balaban J connectivity index is 1.50. The van der Waals surface area contributed by atoms with Crippen LogP contribution in [-0.4, -0.2) is 35.0 Å². The number of hydrogen-bond acceptors (Lipinski definition) is 7. The minimum absolute atomic E-state index is 0.0699. The highest BCUT2D eigenvalue weighted by Crippen LogP contribution is 2.25. The first-order chi connectivity index (χ1) is 14.0. The molecule has 0 bridgehead atoms. The highest BCUT2D eigenvalue weighted by Gasteiger charge is 2.30. The summed E-state index contributed by atoms with van der Waals surface area (Å²) in [4.78, 5) is 37.4. The number of hydrogen-bond donors (Lipinski definition) is 1. The Morgan fingerprint density at radius 2 is 1.79 bits per heavy atom. The topological polar surface area (TPSA) is 115 Å². The molecule has 0 saturated carbocycles. The average Bonchev–Trinajstić information content (AvgIpc) is 3.34. The zero-order chi connectivity index (χ0) is 20.4. The first-order valence-electron chi connectivity index (χ1n) is 8.80. The van der Waals surface area contributed by atoms with Crippen molar-refractivity contribution in [1.82, 2.24) is 10.2 Å². The van der Waals surface area contributed by atoms with E-state index in [1.807, 2.05) is 0 Å². The Bertz CT molecular complexity index is 1070. The number of rotatable bonds is 5. The molecular formula is C20H16N4O5. The summed E-state index contributed by atoms with van der Waals surface area (Å²) in [5.41, 5.74) is 1.28. The Hall–Kier alpha value is -4.01. The lowest BCUT2D eigenvalue weighted by Gasteiger charge is -2.14. The van der Waals surface area contributed by atoms with Gasteiger partial charge in [0.15, 0.2) is 0 Å². The molecule has 1 aliphatic rings. The lowest BCUT2D eigenvalue weighted by molar-refractivity contribution is -0.121. The quantitative estimate of drug-likeness (QED) is 0.664. The van der Waals surface area contributed by atoms with Gasteiger partial charge in [0.2, 0.25) is 17.7 Å². The first-order valence-corrected chi connectivity index (χ1v) is 8.80. The third-order valence-corrected chi connectivity index (χ3v) is 4.40. The highest BCUT2D eigenvalue weighted by molar-refractivity contribution is 6.20. The van der Waals surface area contributed by atoms with E-state index in [0.29, 0.717) is 17.0 Å². The van der Waals surface area contributed by atoms with Crippen molar-refractivity contribution in [2.45, 2.75) is 12.8 Å². The number of aromatic nitrogens is 2. The lowest BCUT2D eigenvalue weighted by atomic mass is 10.2. The highest BCUT2D eigenvalue weighted by atomic mass is 16.5. The van der Waals surface area contributed by atoms with Gasteiger partial charge >= 0.3 is 6.01 Å². The van der Waals surface area contributed by atoms with E-state index in [0.717, 1.165) is 4.90 Å². The van der Waals surface area contributed by atoms with E-state index in [1.54, 1.807) is 49.6 Å². The van der Waals surface area contributed by atoms with Gasteiger partial charge < -0.3 is 9.15 Å². The second kappa shape index (κ2) is 7.55. The third kappa shape index (κ3) is 3.70. The van der Waals surface area contributed by atoms with Crippen LogP contribution in [0, 0.1) is 0 Å². The van der Waals surface area contributed by atoms with Crippen LogP contribution in [0.1, 0.15) is 23.2 Å². The fourth-order valence-electron chi connectivity index (χ4n) is 2.94. The van der Waals surface area contributed by atoms with Crippen molar-refractivity contribution < 1.29 is 23.5 Å². The number of ether oxygens (including phenoxy) is 1. The second-order valence-electron chi connectivity index (χ2n) is 6.27. The van der Waals surface area contributed by atoms with Crippen molar-refractivity contribution in [2.75, 3.05) is 17.3 Å². The van der Waals surface area contributed by atoms with E-state index in [1.165, 1.54) is 6.07 Å². The minimum Gasteiger partial charge on any atom is -0.497 e. The van der Waals surface area contributed by atoms with Gasteiger partial charge in [0.1, 0.15) is 5.75 Å². The van der Waals surface area contributed by atoms with E-state index in [4.69, 9.17) is 9.15 Å². The molecule has 1 N–H and O–H groups in total. The molecular weight excluding hydrogens is 376 g/mol. The maximum atomic E-state index is 12.5. The van der Waals surface area contributed by atoms with Crippen molar-refractivity contribution in [3.8, 4) is 17.2 Å². The van der Waals surface area contributed by atoms with E-state index >= 15 is 0 Å². The molecule has 0 spiro atoms. The van der Waals surface area contributed by atoms with Crippen LogP contribution in [0.25, 0.3) is 11.5 Å². The molecule has 0 radical (unpaired) electrons. The number of nitrogens with one attached hydrogen (secondary N) is 1. The van der Waals surface area contributed by atoms with Gasteiger partial charge in [0.05, 0.1) is 12.8 Å². The number of imide groups is 1. The Morgan fingerprint density at radius 3 is 2.48 bits per heavy atom. The molecule has 0 aliphatic carbocycles. The SMILES string of the molecule is COc1ccc(-c2nnc(NC(=O)c3cccc(N4C(=O)CCC4=O)c3)o2)cc1. The summed E-state index contributed by atoms with van der Waals surface area (Å²) in [6.45, 7) is 0. The van der Waals surface area contributed by atoms with E-state index in [2.05, 4.69) is 15.5 Å². The maximum Gasteiger partial charge on any atom is 0.322 e. The summed E-state index contributed by atoms with van der Waals surface area (Å²) in [7, 11) is 1.57. The van der Waals surface area contributed by atoms with Gasteiger partial charge in [-0.05, 0) is 42.5 Å². The lowest BCUT2D eigenvalue weighted by Crippen LogP contribution is -2.28. The van der Waals surface area contributed by atoms with Crippen LogP contribution in [0.5, 0.6) is 5.75 Å². The summed E-state index contributed by atoms with van der Waals surface area (Å²) < 4.78 is 10.6. The fourth-order valence-corrected chi connectivity index (χ4v) is 2.94. The number of benzene rings is 2. The molecule has 2 aromatic carbocycles. The zero-order valence-corrected chi connectivity index (χ0v) is 15.4. The maximum absolute atomic E-state index is 12.5. The third-order valence-electron chi connectivity index (χ3n) is 4.40. The Labute approximate surface area is 165 Å². The molecule has 3 aromatic rings. The van der Waals surface area contributed by atoms with Crippen LogP contribution in [0.4, 0.5) is 11.7 Å². The minimum atomic E-state index is -0.504. The smallest absolute Gasteiger partial charge is 0.322 e. The normalized spacial score (nSPS) is 13.6. The molecule has 4 rings (SSSR count). The van der Waals surface area contributed by atoms with Crippen molar-refractivity contribution in [3.63, 3.8) is 0 Å². The van der Waals surface area contributed by atoms with Gasteiger partial charge in [-0.3, -0.25) is 24.6 Å². The van der Waals surface area contributed by atoms with E-state index in [9.17, 15) is 14.4 Å². The molecule has 0 unspecified atom stereocenters. The number of carbonyl (C=O) groups is 3. The monoisotopic (exact) mass is 392 g/mol. The fraction of sp³-hybridized carbons (Fsp3) is 0.150. The van der Waals surface area contributed by atoms with Gasteiger partial charge in [-0.1, -0.05) is 11.2 Å². The molecule has 9 heteroatoms. The molecule has 0 atom stereocenters. The van der Waals surface area contributed by atoms with Gasteiger partial charge in [-0.25, -0.2) is 0 Å². The van der Waals surface area contributed by atoms with Crippen LogP contribution in [-0.2, 0) is 9.59 Å². The van der Waals surface area contributed by atoms with Crippen molar-refractivity contribution in [1.29, 1.82) is 0 Å². The van der Waals surface area contributed by atoms with Gasteiger partial charge in [0, 0.05) is 24.0 Å².